The first kappa shape index (κ1) is 50.5. The number of rotatable bonds is 37. The molecule has 0 aliphatic carbocycles. The third kappa shape index (κ3) is 39.0. The predicted octanol–water partition coefficient (Wildman–Crippen LogP) is 12.9. The second kappa shape index (κ2) is 39.2. The van der Waals surface area contributed by atoms with Crippen LogP contribution in [0.3, 0.4) is 0 Å². The molecule has 2 atom stereocenters. The molecule has 0 saturated carbocycles. The van der Waals surface area contributed by atoms with E-state index in [2.05, 4.69) is 86.8 Å². The summed E-state index contributed by atoms with van der Waals surface area (Å²) in [5.74, 6) is -0.851. The van der Waals surface area contributed by atoms with Crippen molar-refractivity contribution in [2.24, 2.45) is 0 Å². The quantitative estimate of drug-likeness (QED) is 0.0288. The molecule has 8 nitrogen and oxygen atoms in total. The molecule has 0 radical (unpaired) electrons. The molecule has 0 spiro atoms. The van der Waals surface area contributed by atoms with Gasteiger partial charge in [-0.3, -0.25) is 18.6 Å². The molecule has 9 heteroatoms. The number of carbonyl (C=O) groups is 2. The van der Waals surface area contributed by atoms with E-state index in [1.165, 1.54) is 38.5 Å². The molecule has 53 heavy (non-hydrogen) atoms. The molecule has 304 valence electrons. The highest BCUT2D eigenvalue weighted by Gasteiger charge is 2.25. The Balaban J connectivity index is 4.21. The molecule has 0 aliphatic rings. The minimum Gasteiger partial charge on any atom is -0.462 e. The van der Waals surface area contributed by atoms with Gasteiger partial charge in [0.2, 0.25) is 0 Å². The Bertz CT molecular complexity index is 1090. The van der Waals surface area contributed by atoms with Gasteiger partial charge in [-0.15, -0.1) is 0 Å². The maximum Gasteiger partial charge on any atom is 0.472 e. The second-order valence-electron chi connectivity index (χ2n) is 13.3. The van der Waals surface area contributed by atoms with Gasteiger partial charge < -0.3 is 14.4 Å². The molecular formula is C44H75O8P. The lowest BCUT2D eigenvalue weighted by atomic mass is 10.1. The van der Waals surface area contributed by atoms with Crippen LogP contribution in [0.1, 0.15) is 168 Å². The minimum atomic E-state index is -4.29. The first-order valence-corrected chi connectivity index (χ1v) is 22.2. The van der Waals surface area contributed by atoms with E-state index in [0.717, 1.165) is 89.9 Å². The van der Waals surface area contributed by atoms with Gasteiger partial charge >= 0.3 is 19.8 Å². The van der Waals surface area contributed by atoms with Gasteiger partial charge in [-0.05, 0) is 90.4 Å². The SMILES string of the molecule is CC/C=C\C/C=C\C/C=C\C/C=C\C/C=C\CCCCCC(=O)OC(COC(=O)CCCCCCC/C=C\CCCCCCC)COP(=O)(O)OCC. The minimum absolute atomic E-state index is 0.0112. The van der Waals surface area contributed by atoms with Crippen LogP contribution in [0.2, 0.25) is 0 Å². The normalized spacial score (nSPS) is 14.1. The van der Waals surface area contributed by atoms with Gasteiger partial charge in [0.05, 0.1) is 13.2 Å². The summed E-state index contributed by atoms with van der Waals surface area (Å²) in [6.07, 6.45) is 48.1. The van der Waals surface area contributed by atoms with Crippen LogP contribution in [0.15, 0.2) is 72.9 Å². The Labute approximate surface area is 323 Å². The smallest absolute Gasteiger partial charge is 0.462 e. The summed E-state index contributed by atoms with van der Waals surface area (Å²) in [6, 6.07) is 0. The molecule has 0 heterocycles. The molecule has 0 saturated heterocycles. The average molecular weight is 763 g/mol. The van der Waals surface area contributed by atoms with Crippen LogP contribution in [0, 0.1) is 0 Å². The van der Waals surface area contributed by atoms with Crippen molar-refractivity contribution in [2.45, 2.75) is 175 Å². The summed E-state index contributed by atoms with van der Waals surface area (Å²) in [5.41, 5.74) is 0. The van der Waals surface area contributed by atoms with Crippen LogP contribution in [0.25, 0.3) is 0 Å². The molecule has 0 aromatic rings. The fraction of sp³-hybridized carbons (Fsp3) is 0.682. The molecule has 1 N–H and O–H groups in total. The molecule has 0 fully saturated rings. The van der Waals surface area contributed by atoms with Crippen molar-refractivity contribution in [3.63, 3.8) is 0 Å². The van der Waals surface area contributed by atoms with Crippen LogP contribution in [-0.4, -0.2) is 42.8 Å². The summed E-state index contributed by atoms with van der Waals surface area (Å²) in [7, 11) is -4.29. The van der Waals surface area contributed by atoms with Crippen molar-refractivity contribution >= 4 is 19.8 Å². The number of esters is 2. The zero-order chi connectivity index (χ0) is 38.9. The first-order valence-electron chi connectivity index (χ1n) is 20.7. The molecule has 2 unspecified atom stereocenters. The predicted molar refractivity (Wildman–Crippen MR) is 221 cm³/mol. The van der Waals surface area contributed by atoms with Crippen LogP contribution in [0.5, 0.6) is 0 Å². The summed E-state index contributed by atoms with van der Waals surface area (Å²) < 4.78 is 32.6. The van der Waals surface area contributed by atoms with Crippen LogP contribution >= 0.6 is 7.82 Å². The van der Waals surface area contributed by atoms with Gasteiger partial charge in [-0.25, -0.2) is 4.57 Å². The molecular weight excluding hydrogens is 687 g/mol. The first-order chi connectivity index (χ1) is 25.8. The van der Waals surface area contributed by atoms with Gasteiger partial charge in [0, 0.05) is 12.8 Å². The Kier molecular flexibility index (Phi) is 37.3. The Morgan fingerprint density at radius 2 is 0.962 bits per heavy atom. The van der Waals surface area contributed by atoms with E-state index in [4.69, 9.17) is 18.5 Å². The summed E-state index contributed by atoms with van der Waals surface area (Å²) >= 11 is 0. The largest absolute Gasteiger partial charge is 0.472 e. The summed E-state index contributed by atoms with van der Waals surface area (Å²) in [5, 5.41) is 0. The average Bonchev–Trinajstić information content (AvgIpc) is 3.13. The second-order valence-corrected chi connectivity index (χ2v) is 14.7. The van der Waals surface area contributed by atoms with E-state index >= 15 is 0 Å². The Morgan fingerprint density at radius 3 is 1.49 bits per heavy atom. The molecule has 0 aliphatic heterocycles. The Morgan fingerprint density at radius 1 is 0.528 bits per heavy atom. The summed E-state index contributed by atoms with van der Waals surface area (Å²) in [4.78, 5) is 34.7. The lowest BCUT2D eigenvalue weighted by Crippen LogP contribution is -2.29. The number of allylic oxidation sites excluding steroid dienone is 12. The van der Waals surface area contributed by atoms with Gasteiger partial charge in [0.25, 0.3) is 0 Å². The van der Waals surface area contributed by atoms with Crippen molar-refractivity contribution in [3.05, 3.63) is 72.9 Å². The number of phosphoric ester groups is 1. The molecule has 0 amide bonds. The van der Waals surface area contributed by atoms with Crippen molar-refractivity contribution < 1.29 is 37.6 Å². The van der Waals surface area contributed by atoms with Crippen LogP contribution < -0.4 is 0 Å². The molecule has 0 rings (SSSR count). The fourth-order valence-electron chi connectivity index (χ4n) is 5.24. The van der Waals surface area contributed by atoms with Crippen LogP contribution in [0.4, 0.5) is 0 Å². The lowest BCUT2D eigenvalue weighted by Gasteiger charge is -2.19. The summed E-state index contributed by atoms with van der Waals surface area (Å²) in [6.45, 7) is 5.28. The van der Waals surface area contributed by atoms with Gasteiger partial charge in [-0.1, -0.05) is 138 Å². The van der Waals surface area contributed by atoms with E-state index in [-0.39, 0.29) is 32.0 Å². The van der Waals surface area contributed by atoms with E-state index in [9.17, 15) is 19.0 Å². The van der Waals surface area contributed by atoms with Gasteiger partial charge in [0.15, 0.2) is 6.10 Å². The third-order valence-corrected chi connectivity index (χ3v) is 9.31. The maximum absolute atomic E-state index is 12.5. The number of hydrogen-bond acceptors (Lipinski definition) is 7. The highest BCUT2D eigenvalue weighted by molar-refractivity contribution is 7.47. The molecule has 0 aromatic carbocycles. The maximum atomic E-state index is 12.5. The fourth-order valence-corrected chi connectivity index (χ4v) is 5.99. The standard InChI is InChI=1S/C44H75O8P/c1-4-7-9-11-13-15-17-19-21-22-23-24-25-27-29-31-33-35-37-39-44(46)52-42(41-51-53(47,48)50-6-3)40-49-43(45)38-36-34-32-30-28-26-20-18-16-14-12-10-8-5-2/h7,9,13,15,18-21,23-24,27,29,42H,4-6,8,10-12,14,16-17,22,25-26,28,30-41H2,1-3H3,(H,47,48)/b9-7-,15-13-,20-18-,21-19-,24-23-,29-27-. The van der Waals surface area contributed by atoms with E-state index in [1.54, 1.807) is 6.92 Å². The number of phosphoric acid groups is 1. The van der Waals surface area contributed by atoms with Crippen LogP contribution in [-0.2, 0) is 32.7 Å². The van der Waals surface area contributed by atoms with Crippen molar-refractivity contribution in [2.75, 3.05) is 19.8 Å². The molecule has 0 bridgehead atoms. The zero-order valence-electron chi connectivity index (χ0n) is 33.6. The number of ether oxygens (including phenoxy) is 2. The number of unbranched alkanes of at least 4 members (excludes halogenated alkanes) is 13. The van der Waals surface area contributed by atoms with Gasteiger partial charge in [-0.2, -0.15) is 0 Å². The van der Waals surface area contributed by atoms with E-state index in [0.29, 0.717) is 6.42 Å². The van der Waals surface area contributed by atoms with Crippen molar-refractivity contribution in [1.82, 2.24) is 0 Å². The molecule has 0 aromatic heterocycles. The van der Waals surface area contributed by atoms with E-state index < -0.39 is 26.5 Å². The number of carbonyl (C=O) groups excluding carboxylic acids is 2. The highest BCUT2D eigenvalue weighted by atomic mass is 31.2. The van der Waals surface area contributed by atoms with Crippen molar-refractivity contribution in [3.8, 4) is 0 Å². The number of hydrogen-bond donors (Lipinski definition) is 1. The van der Waals surface area contributed by atoms with Gasteiger partial charge in [0.1, 0.15) is 6.61 Å². The van der Waals surface area contributed by atoms with E-state index in [1.807, 2.05) is 0 Å². The van der Waals surface area contributed by atoms with Crippen molar-refractivity contribution in [1.29, 1.82) is 0 Å². The monoisotopic (exact) mass is 763 g/mol. The zero-order valence-corrected chi connectivity index (χ0v) is 34.5. The lowest BCUT2D eigenvalue weighted by molar-refractivity contribution is -0.161. The topological polar surface area (TPSA) is 108 Å². The highest BCUT2D eigenvalue weighted by Crippen LogP contribution is 2.43. The third-order valence-electron chi connectivity index (χ3n) is 8.25. The Hall–Kier alpha value is -2.51.